The van der Waals surface area contributed by atoms with Crippen LogP contribution in [0.3, 0.4) is 0 Å². The maximum atomic E-state index is 9.95. The van der Waals surface area contributed by atoms with E-state index in [0.29, 0.717) is 5.82 Å². The van der Waals surface area contributed by atoms with Gasteiger partial charge in [0.1, 0.15) is 30.2 Å². The second-order valence-corrected chi connectivity index (χ2v) is 5.18. The third kappa shape index (κ3) is 2.27. The van der Waals surface area contributed by atoms with Crippen LogP contribution in [0.2, 0.25) is 0 Å². The summed E-state index contributed by atoms with van der Waals surface area (Å²) in [5.74, 6) is 1.31. The zero-order chi connectivity index (χ0) is 13.4. The highest BCUT2D eigenvalue weighted by molar-refractivity contribution is 5.05. The molecule has 2 aliphatic heterocycles. The second-order valence-electron chi connectivity index (χ2n) is 5.18. The minimum Gasteiger partial charge on any atom is -0.394 e. The highest BCUT2D eigenvalue weighted by Gasteiger charge is 2.45. The fourth-order valence-electron chi connectivity index (χ4n) is 2.71. The average molecular weight is 269 g/mol. The molecule has 0 unspecified atom stereocenters. The molecule has 3 N–H and O–H groups in total. The number of aromatic nitrogens is 3. The van der Waals surface area contributed by atoms with Gasteiger partial charge in [-0.15, -0.1) is 0 Å². The lowest BCUT2D eigenvalue weighted by Gasteiger charge is -2.10. The van der Waals surface area contributed by atoms with E-state index in [9.17, 15) is 10.2 Å². The van der Waals surface area contributed by atoms with Gasteiger partial charge in [-0.25, -0.2) is 9.67 Å². The SMILES string of the molecule is OC[C@H]1O[C@@H](c2nc3n(n2)CCCCC3)[C@H](O)[C@@H]1O. The maximum absolute atomic E-state index is 9.95. The molecule has 2 aliphatic rings. The molecule has 1 fully saturated rings. The van der Waals surface area contributed by atoms with Crippen molar-refractivity contribution in [1.82, 2.24) is 14.8 Å². The minimum absolute atomic E-state index is 0.331. The molecule has 19 heavy (non-hydrogen) atoms. The molecule has 1 saturated heterocycles. The monoisotopic (exact) mass is 269 g/mol. The van der Waals surface area contributed by atoms with Crippen molar-refractivity contribution >= 4 is 0 Å². The Morgan fingerprint density at radius 1 is 1.21 bits per heavy atom. The first kappa shape index (κ1) is 13.0. The second kappa shape index (κ2) is 5.16. The predicted molar refractivity (Wildman–Crippen MR) is 64.3 cm³/mol. The fraction of sp³-hybridized carbons (Fsp3) is 0.833. The fourth-order valence-corrected chi connectivity index (χ4v) is 2.71. The molecule has 0 aliphatic carbocycles. The molecule has 1 aromatic rings. The van der Waals surface area contributed by atoms with Gasteiger partial charge < -0.3 is 20.1 Å². The Morgan fingerprint density at radius 2 is 2.05 bits per heavy atom. The van der Waals surface area contributed by atoms with Crippen LogP contribution >= 0.6 is 0 Å². The molecule has 7 heteroatoms. The van der Waals surface area contributed by atoms with Crippen LogP contribution in [0.25, 0.3) is 0 Å². The van der Waals surface area contributed by atoms with E-state index in [1.165, 1.54) is 6.42 Å². The van der Waals surface area contributed by atoms with Gasteiger partial charge in [-0.2, -0.15) is 5.10 Å². The van der Waals surface area contributed by atoms with E-state index in [1.54, 1.807) is 0 Å². The van der Waals surface area contributed by atoms with E-state index in [0.717, 1.165) is 31.6 Å². The Bertz CT molecular complexity index is 427. The Hall–Kier alpha value is -1.02. The summed E-state index contributed by atoms with van der Waals surface area (Å²) in [5, 5.41) is 33.1. The Morgan fingerprint density at radius 3 is 2.79 bits per heavy atom. The number of hydrogen-bond acceptors (Lipinski definition) is 6. The van der Waals surface area contributed by atoms with Crippen LogP contribution in [0.15, 0.2) is 0 Å². The highest BCUT2D eigenvalue weighted by atomic mass is 16.6. The summed E-state index contributed by atoms with van der Waals surface area (Å²) in [4.78, 5) is 4.42. The number of nitrogens with zero attached hydrogens (tertiary/aromatic N) is 3. The lowest BCUT2D eigenvalue weighted by Crippen LogP contribution is -2.32. The van der Waals surface area contributed by atoms with Crippen molar-refractivity contribution in [3.63, 3.8) is 0 Å². The molecule has 7 nitrogen and oxygen atoms in total. The molecular weight excluding hydrogens is 250 g/mol. The van der Waals surface area contributed by atoms with Crippen LogP contribution in [-0.4, -0.2) is 55.0 Å². The average Bonchev–Trinajstić information content (AvgIpc) is 2.85. The minimum atomic E-state index is -1.10. The number of fused-ring (bicyclic) bond motifs is 1. The Balaban J connectivity index is 1.83. The normalized spacial score (nSPS) is 35.1. The molecule has 0 amide bonds. The molecule has 0 aromatic carbocycles. The standard InChI is InChI=1S/C12H19N3O4/c16-6-7-9(17)10(18)11(19-7)12-13-8-4-2-1-3-5-15(8)14-12/h7,9-11,16-18H,1-6H2/t7-,9-,10-,11-/m1/s1. The third-order valence-electron chi connectivity index (χ3n) is 3.83. The number of hydrogen-bond donors (Lipinski definition) is 3. The Kier molecular flexibility index (Phi) is 3.53. The van der Waals surface area contributed by atoms with E-state index in [1.807, 2.05) is 4.68 Å². The summed E-state index contributed by atoms with van der Waals surface area (Å²) >= 11 is 0. The van der Waals surface area contributed by atoms with Crippen molar-refractivity contribution in [1.29, 1.82) is 0 Å². The van der Waals surface area contributed by atoms with E-state index in [2.05, 4.69) is 10.1 Å². The first-order valence-corrected chi connectivity index (χ1v) is 6.77. The van der Waals surface area contributed by atoms with E-state index in [4.69, 9.17) is 9.84 Å². The van der Waals surface area contributed by atoms with Gasteiger partial charge in [0.2, 0.25) is 0 Å². The summed E-state index contributed by atoms with van der Waals surface area (Å²) in [7, 11) is 0. The number of aliphatic hydroxyl groups is 3. The summed E-state index contributed by atoms with van der Waals surface area (Å²) in [6, 6.07) is 0. The molecule has 1 aromatic heterocycles. The van der Waals surface area contributed by atoms with Gasteiger partial charge >= 0.3 is 0 Å². The van der Waals surface area contributed by atoms with Gasteiger partial charge in [0, 0.05) is 13.0 Å². The van der Waals surface area contributed by atoms with Crippen LogP contribution in [0.4, 0.5) is 0 Å². The topological polar surface area (TPSA) is 101 Å². The van der Waals surface area contributed by atoms with E-state index >= 15 is 0 Å². The van der Waals surface area contributed by atoms with Crippen LogP contribution in [0, 0.1) is 0 Å². The molecule has 3 rings (SSSR count). The van der Waals surface area contributed by atoms with Crippen molar-refractivity contribution in [3.8, 4) is 0 Å². The zero-order valence-electron chi connectivity index (χ0n) is 10.6. The van der Waals surface area contributed by atoms with E-state index < -0.39 is 24.4 Å². The Labute approximate surface area is 110 Å². The van der Waals surface area contributed by atoms with Gasteiger partial charge in [-0.3, -0.25) is 0 Å². The lowest BCUT2D eigenvalue weighted by molar-refractivity contribution is -0.0253. The van der Waals surface area contributed by atoms with Crippen LogP contribution in [0.5, 0.6) is 0 Å². The van der Waals surface area contributed by atoms with Crippen molar-refractivity contribution in [2.45, 2.75) is 56.6 Å². The van der Waals surface area contributed by atoms with Crippen LogP contribution < -0.4 is 0 Å². The third-order valence-corrected chi connectivity index (χ3v) is 3.83. The van der Waals surface area contributed by atoms with Gasteiger partial charge in [0.15, 0.2) is 5.82 Å². The van der Waals surface area contributed by atoms with Gasteiger partial charge in [0.25, 0.3) is 0 Å². The smallest absolute Gasteiger partial charge is 0.182 e. The molecular formula is C12H19N3O4. The molecule has 3 heterocycles. The van der Waals surface area contributed by atoms with Crippen LogP contribution in [0.1, 0.15) is 37.0 Å². The van der Waals surface area contributed by atoms with Gasteiger partial charge in [-0.05, 0) is 12.8 Å². The number of ether oxygens (including phenoxy) is 1. The van der Waals surface area contributed by atoms with Gasteiger partial charge in [0.05, 0.1) is 6.61 Å². The van der Waals surface area contributed by atoms with Gasteiger partial charge in [-0.1, -0.05) is 6.42 Å². The first-order valence-electron chi connectivity index (χ1n) is 6.77. The summed E-state index contributed by atoms with van der Waals surface area (Å²) in [6.07, 6.45) is 0.493. The van der Waals surface area contributed by atoms with Crippen molar-refractivity contribution < 1.29 is 20.1 Å². The summed E-state index contributed by atoms with van der Waals surface area (Å²) in [6.45, 7) is 0.499. The molecule has 0 bridgehead atoms. The number of aliphatic hydroxyl groups excluding tert-OH is 3. The molecule has 0 saturated carbocycles. The quantitative estimate of drug-likeness (QED) is 0.647. The summed E-state index contributed by atoms with van der Waals surface area (Å²) in [5.41, 5.74) is 0. The largest absolute Gasteiger partial charge is 0.394 e. The molecule has 106 valence electrons. The van der Waals surface area contributed by atoms with E-state index in [-0.39, 0.29) is 6.61 Å². The molecule has 0 radical (unpaired) electrons. The molecule has 4 atom stereocenters. The zero-order valence-corrected chi connectivity index (χ0v) is 10.6. The number of aryl methyl sites for hydroxylation is 2. The highest BCUT2D eigenvalue weighted by Crippen LogP contribution is 2.32. The predicted octanol–water partition coefficient (Wildman–Crippen LogP) is -0.842. The van der Waals surface area contributed by atoms with Crippen LogP contribution in [-0.2, 0) is 17.7 Å². The lowest BCUT2D eigenvalue weighted by atomic mass is 10.1. The van der Waals surface area contributed by atoms with Crippen molar-refractivity contribution in [2.24, 2.45) is 0 Å². The van der Waals surface area contributed by atoms with Crippen molar-refractivity contribution in [2.75, 3.05) is 6.61 Å². The number of rotatable bonds is 2. The maximum Gasteiger partial charge on any atom is 0.182 e. The molecule has 0 spiro atoms. The first-order chi connectivity index (χ1) is 9.20. The van der Waals surface area contributed by atoms with Crippen molar-refractivity contribution in [3.05, 3.63) is 11.6 Å². The summed E-state index contributed by atoms with van der Waals surface area (Å²) < 4.78 is 7.30.